The maximum Gasteiger partial charge on any atom is 0.232 e. The summed E-state index contributed by atoms with van der Waals surface area (Å²) >= 11 is 17.2. The van der Waals surface area contributed by atoms with Gasteiger partial charge < -0.3 is 5.32 Å². The fourth-order valence-corrected chi connectivity index (χ4v) is 1.61. The zero-order chi connectivity index (χ0) is 11.5. The molecule has 0 amide bonds. The second-order valence-electron chi connectivity index (χ2n) is 2.80. The molecule has 2 rings (SSSR count). The van der Waals surface area contributed by atoms with E-state index in [2.05, 4.69) is 20.3 Å². The minimum absolute atomic E-state index is 0. The Balaban J connectivity index is 0.00000144. The van der Waals surface area contributed by atoms with Crippen molar-refractivity contribution in [1.82, 2.24) is 15.0 Å². The van der Waals surface area contributed by atoms with E-state index < -0.39 is 0 Å². The first-order valence-electron chi connectivity index (χ1n) is 4.24. The topological polar surface area (TPSA) is 50.7 Å². The Kier molecular flexibility index (Phi) is 5.21. The smallest absolute Gasteiger partial charge is 0.232 e. The fourth-order valence-electron chi connectivity index (χ4n) is 1.06. The Morgan fingerprint density at radius 1 is 0.882 bits per heavy atom. The monoisotopic (exact) mass is 310 g/mol. The number of nitrogens with zero attached hydrogens (tertiary/aromatic N) is 3. The van der Waals surface area contributed by atoms with Gasteiger partial charge in [0.25, 0.3) is 0 Å². The molecule has 1 aromatic carbocycles. The minimum Gasteiger partial charge on any atom is -0.323 e. The van der Waals surface area contributed by atoms with Crippen LogP contribution in [0.15, 0.2) is 24.3 Å². The van der Waals surface area contributed by atoms with Crippen LogP contribution in [0.3, 0.4) is 0 Å². The van der Waals surface area contributed by atoms with Gasteiger partial charge in [-0.1, -0.05) is 23.7 Å². The van der Waals surface area contributed by atoms with Crippen LogP contribution >= 0.6 is 47.2 Å². The molecule has 0 saturated heterocycles. The Hall–Kier alpha value is -0.810. The van der Waals surface area contributed by atoms with E-state index in [9.17, 15) is 0 Å². The molecule has 0 spiro atoms. The summed E-state index contributed by atoms with van der Waals surface area (Å²) in [6.07, 6.45) is 0. The fraction of sp³-hybridized carbons (Fsp3) is 0. The molecule has 1 N–H and O–H groups in total. The van der Waals surface area contributed by atoms with Crippen LogP contribution in [0.2, 0.25) is 15.6 Å². The predicted molar refractivity (Wildman–Crippen MR) is 71.8 cm³/mol. The lowest BCUT2D eigenvalue weighted by Gasteiger charge is -2.06. The van der Waals surface area contributed by atoms with Crippen LogP contribution in [0.1, 0.15) is 0 Å². The lowest BCUT2D eigenvalue weighted by molar-refractivity contribution is 1.05. The molecule has 0 radical (unpaired) electrons. The molecule has 2 aromatic rings. The zero-order valence-corrected chi connectivity index (χ0v) is 11.3. The number of para-hydroxylation sites is 1. The summed E-state index contributed by atoms with van der Waals surface area (Å²) in [5.41, 5.74) is 0.669. The van der Waals surface area contributed by atoms with Gasteiger partial charge in [0.15, 0.2) is 0 Å². The Bertz CT molecular complexity index is 500. The highest BCUT2D eigenvalue weighted by atomic mass is 35.5. The number of anilines is 2. The highest BCUT2D eigenvalue weighted by Crippen LogP contribution is 2.23. The number of aromatic nitrogens is 3. The molecule has 17 heavy (non-hydrogen) atoms. The first-order chi connectivity index (χ1) is 7.65. The molecule has 0 fully saturated rings. The molecule has 0 bridgehead atoms. The summed E-state index contributed by atoms with van der Waals surface area (Å²) in [5, 5.41) is 3.49. The van der Waals surface area contributed by atoms with Gasteiger partial charge in [-0.15, -0.1) is 12.4 Å². The average molecular weight is 312 g/mol. The molecule has 0 aliphatic rings. The van der Waals surface area contributed by atoms with E-state index in [1.165, 1.54) is 0 Å². The van der Waals surface area contributed by atoms with Crippen LogP contribution < -0.4 is 5.32 Å². The van der Waals surface area contributed by atoms with Crippen molar-refractivity contribution in [2.45, 2.75) is 0 Å². The highest BCUT2D eigenvalue weighted by Gasteiger charge is 2.05. The largest absolute Gasteiger partial charge is 0.323 e. The summed E-state index contributed by atoms with van der Waals surface area (Å²) in [6.45, 7) is 0. The van der Waals surface area contributed by atoms with Crippen molar-refractivity contribution in [1.29, 1.82) is 0 Å². The van der Waals surface area contributed by atoms with E-state index in [4.69, 9.17) is 34.8 Å². The van der Waals surface area contributed by atoms with E-state index in [0.717, 1.165) is 0 Å². The van der Waals surface area contributed by atoms with Crippen LogP contribution in [0.5, 0.6) is 0 Å². The third-order valence-electron chi connectivity index (χ3n) is 1.70. The van der Waals surface area contributed by atoms with E-state index in [0.29, 0.717) is 10.7 Å². The van der Waals surface area contributed by atoms with Gasteiger partial charge in [0.2, 0.25) is 16.5 Å². The van der Waals surface area contributed by atoms with Gasteiger partial charge in [0.1, 0.15) is 0 Å². The number of rotatable bonds is 2. The number of nitrogens with one attached hydrogen (secondary N) is 1. The van der Waals surface area contributed by atoms with Crippen molar-refractivity contribution >= 4 is 58.8 Å². The van der Waals surface area contributed by atoms with Crippen molar-refractivity contribution in [3.8, 4) is 0 Å². The van der Waals surface area contributed by atoms with Crippen LogP contribution in [0.4, 0.5) is 11.6 Å². The Labute approximate surface area is 119 Å². The van der Waals surface area contributed by atoms with Crippen LogP contribution in [-0.4, -0.2) is 15.0 Å². The summed E-state index contributed by atoms with van der Waals surface area (Å²) in [4.78, 5) is 11.4. The van der Waals surface area contributed by atoms with E-state index >= 15 is 0 Å². The summed E-state index contributed by atoms with van der Waals surface area (Å²) in [6, 6.07) is 7.18. The van der Waals surface area contributed by atoms with Crippen molar-refractivity contribution in [3.05, 3.63) is 39.9 Å². The molecule has 1 aromatic heterocycles. The number of hydrogen-bond acceptors (Lipinski definition) is 4. The molecule has 0 aliphatic heterocycles. The third-order valence-corrected chi connectivity index (χ3v) is 2.37. The van der Waals surface area contributed by atoms with E-state index in [-0.39, 0.29) is 28.9 Å². The van der Waals surface area contributed by atoms with Crippen LogP contribution in [0, 0.1) is 0 Å². The molecule has 8 heteroatoms. The van der Waals surface area contributed by atoms with Gasteiger partial charge in [-0.2, -0.15) is 15.0 Å². The van der Waals surface area contributed by atoms with Crippen molar-refractivity contribution in [3.63, 3.8) is 0 Å². The predicted octanol–water partition coefficient (Wildman–Crippen LogP) is 4.00. The molecular formula is C9H6Cl4N4. The molecule has 0 aliphatic carbocycles. The van der Waals surface area contributed by atoms with Gasteiger partial charge in [-0.25, -0.2) is 0 Å². The van der Waals surface area contributed by atoms with Gasteiger partial charge in [0.05, 0.1) is 10.7 Å². The van der Waals surface area contributed by atoms with Crippen LogP contribution in [0.25, 0.3) is 0 Å². The SMILES string of the molecule is Cl.Clc1nc(Cl)nc(Nc2ccccc2Cl)n1. The lowest BCUT2D eigenvalue weighted by Crippen LogP contribution is -1.99. The number of benzene rings is 1. The van der Waals surface area contributed by atoms with Crippen molar-refractivity contribution < 1.29 is 0 Å². The first-order valence-corrected chi connectivity index (χ1v) is 5.37. The maximum absolute atomic E-state index is 5.95. The quantitative estimate of drug-likeness (QED) is 0.911. The molecule has 0 atom stereocenters. The van der Waals surface area contributed by atoms with Crippen molar-refractivity contribution in [2.75, 3.05) is 5.32 Å². The molecule has 1 heterocycles. The Morgan fingerprint density at radius 2 is 1.47 bits per heavy atom. The second-order valence-corrected chi connectivity index (χ2v) is 3.89. The van der Waals surface area contributed by atoms with Gasteiger partial charge in [-0.3, -0.25) is 0 Å². The van der Waals surface area contributed by atoms with Gasteiger partial charge in [-0.05, 0) is 35.3 Å². The second kappa shape index (κ2) is 6.21. The molecule has 4 nitrogen and oxygen atoms in total. The third kappa shape index (κ3) is 3.85. The van der Waals surface area contributed by atoms with Crippen molar-refractivity contribution in [2.24, 2.45) is 0 Å². The normalized spacial score (nSPS) is 9.59. The Morgan fingerprint density at radius 3 is 2.06 bits per heavy atom. The highest BCUT2D eigenvalue weighted by molar-refractivity contribution is 6.33. The lowest BCUT2D eigenvalue weighted by atomic mass is 10.3. The van der Waals surface area contributed by atoms with Gasteiger partial charge in [0, 0.05) is 0 Å². The van der Waals surface area contributed by atoms with E-state index in [1.54, 1.807) is 12.1 Å². The zero-order valence-electron chi connectivity index (χ0n) is 8.19. The summed E-state index contributed by atoms with van der Waals surface area (Å²) in [5.74, 6) is 0.248. The minimum atomic E-state index is 0. The molecule has 0 unspecified atom stereocenters. The maximum atomic E-state index is 5.95. The molecule has 90 valence electrons. The standard InChI is InChI=1S/C9H5Cl3N4.ClH/c10-5-3-1-2-4-6(5)13-9-15-7(11)14-8(12)16-9;/h1-4H,(H,13,14,15,16);1H. The average Bonchev–Trinajstić information content (AvgIpc) is 2.20. The number of hydrogen-bond donors (Lipinski definition) is 1. The van der Waals surface area contributed by atoms with Crippen LogP contribution in [-0.2, 0) is 0 Å². The first kappa shape index (κ1) is 14.3. The number of halogens is 4. The molecule has 0 saturated carbocycles. The summed E-state index contributed by atoms with van der Waals surface area (Å²) in [7, 11) is 0. The summed E-state index contributed by atoms with van der Waals surface area (Å²) < 4.78 is 0. The van der Waals surface area contributed by atoms with E-state index in [1.807, 2.05) is 12.1 Å². The molecular weight excluding hydrogens is 306 g/mol. The van der Waals surface area contributed by atoms with Gasteiger partial charge >= 0.3 is 0 Å².